The molecule has 0 unspecified atom stereocenters. The summed E-state index contributed by atoms with van der Waals surface area (Å²) in [5, 5.41) is 4.82. The van der Waals surface area contributed by atoms with Crippen LogP contribution < -0.4 is 4.90 Å². The van der Waals surface area contributed by atoms with Crippen LogP contribution in [0, 0.1) is 5.41 Å². The van der Waals surface area contributed by atoms with Crippen molar-refractivity contribution in [2.45, 2.75) is 26.7 Å². The largest absolute Gasteiger partial charge is 0.378 e. The number of fused-ring (bicyclic) bond motifs is 1. The smallest absolute Gasteiger partial charge is 0.167 e. The molecule has 2 heterocycles. The molecule has 27 heavy (non-hydrogen) atoms. The van der Waals surface area contributed by atoms with Gasteiger partial charge in [0.15, 0.2) is 11.6 Å². The van der Waals surface area contributed by atoms with Crippen LogP contribution >= 0.6 is 0 Å². The van der Waals surface area contributed by atoms with E-state index in [2.05, 4.69) is 48.0 Å². The van der Waals surface area contributed by atoms with Gasteiger partial charge in [-0.05, 0) is 36.1 Å². The molecule has 0 aliphatic heterocycles. The molecule has 0 fully saturated rings. The SMILES string of the molecule is CN(C)c1ccc(-c2c3c(nn2-c2ccccn2)CC(C)(C)CC3=O)cc1. The molecule has 1 aliphatic rings. The zero-order chi connectivity index (χ0) is 19.2. The Kier molecular flexibility index (Phi) is 4.10. The van der Waals surface area contributed by atoms with E-state index in [1.54, 1.807) is 6.20 Å². The normalized spacial score (nSPS) is 15.5. The van der Waals surface area contributed by atoms with Crippen molar-refractivity contribution in [1.29, 1.82) is 0 Å². The summed E-state index contributed by atoms with van der Waals surface area (Å²) in [6, 6.07) is 14.0. The zero-order valence-electron chi connectivity index (χ0n) is 16.2. The van der Waals surface area contributed by atoms with E-state index >= 15 is 0 Å². The van der Waals surface area contributed by atoms with E-state index in [0.717, 1.165) is 40.4 Å². The van der Waals surface area contributed by atoms with Gasteiger partial charge in [0.1, 0.15) is 0 Å². The van der Waals surface area contributed by atoms with E-state index in [-0.39, 0.29) is 11.2 Å². The van der Waals surface area contributed by atoms with Crippen molar-refractivity contribution in [1.82, 2.24) is 14.8 Å². The molecular weight excluding hydrogens is 336 g/mol. The Morgan fingerprint density at radius 2 is 1.78 bits per heavy atom. The molecule has 0 spiro atoms. The molecule has 138 valence electrons. The van der Waals surface area contributed by atoms with E-state index in [1.807, 2.05) is 37.0 Å². The van der Waals surface area contributed by atoms with Gasteiger partial charge in [0.05, 0.1) is 17.0 Å². The zero-order valence-corrected chi connectivity index (χ0v) is 16.2. The summed E-state index contributed by atoms with van der Waals surface area (Å²) in [5.74, 6) is 0.888. The Balaban J connectivity index is 1.94. The predicted molar refractivity (Wildman–Crippen MR) is 108 cm³/mol. The summed E-state index contributed by atoms with van der Waals surface area (Å²) < 4.78 is 1.83. The predicted octanol–water partition coefficient (Wildman–Crippen LogP) is 4.16. The molecule has 0 N–H and O–H groups in total. The Labute approximate surface area is 159 Å². The quantitative estimate of drug-likeness (QED) is 0.704. The van der Waals surface area contributed by atoms with Crippen molar-refractivity contribution in [3.63, 3.8) is 0 Å². The molecule has 5 nitrogen and oxygen atoms in total. The number of nitrogens with zero attached hydrogens (tertiary/aromatic N) is 4. The molecule has 0 saturated heterocycles. The molecule has 0 amide bonds. The topological polar surface area (TPSA) is 51.0 Å². The minimum Gasteiger partial charge on any atom is -0.378 e. The van der Waals surface area contributed by atoms with Gasteiger partial charge in [-0.25, -0.2) is 9.67 Å². The number of pyridine rings is 1. The molecule has 0 saturated carbocycles. The van der Waals surface area contributed by atoms with Gasteiger partial charge in [0.2, 0.25) is 0 Å². The molecule has 1 aliphatic carbocycles. The van der Waals surface area contributed by atoms with Gasteiger partial charge in [-0.15, -0.1) is 0 Å². The first kappa shape index (κ1) is 17.5. The van der Waals surface area contributed by atoms with Crippen molar-refractivity contribution in [2.75, 3.05) is 19.0 Å². The minimum absolute atomic E-state index is 0.0700. The van der Waals surface area contributed by atoms with E-state index in [9.17, 15) is 4.79 Å². The highest BCUT2D eigenvalue weighted by Crippen LogP contribution is 2.39. The maximum absolute atomic E-state index is 13.0. The van der Waals surface area contributed by atoms with Crippen LogP contribution in [0.15, 0.2) is 48.7 Å². The van der Waals surface area contributed by atoms with Crippen LogP contribution in [0.1, 0.15) is 36.3 Å². The van der Waals surface area contributed by atoms with Gasteiger partial charge in [-0.1, -0.05) is 32.0 Å². The van der Waals surface area contributed by atoms with Crippen LogP contribution in [0.4, 0.5) is 5.69 Å². The number of aromatic nitrogens is 3. The van der Waals surface area contributed by atoms with Crippen LogP contribution in [0.2, 0.25) is 0 Å². The maximum Gasteiger partial charge on any atom is 0.167 e. The second-order valence-electron chi connectivity index (χ2n) is 8.15. The summed E-state index contributed by atoms with van der Waals surface area (Å²) in [5.41, 5.74) is 4.48. The van der Waals surface area contributed by atoms with Gasteiger partial charge in [-0.3, -0.25) is 4.79 Å². The number of ketones is 1. The average molecular weight is 360 g/mol. The number of hydrogen-bond donors (Lipinski definition) is 0. The van der Waals surface area contributed by atoms with Crippen LogP contribution in [-0.2, 0) is 6.42 Å². The van der Waals surface area contributed by atoms with E-state index in [1.165, 1.54) is 0 Å². The Hall–Kier alpha value is -2.95. The van der Waals surface area contributed by atoms with Crippen LogP contribution in [-0.4, -0.2) is 34.6 Å². The lowest BCUT2D eigenvalue weighted by Gasteiger charge is -2.27. The lowest BCUT2D eigenvalue weighted by atomic mass is 9.75. The number of carbonyl (C=O) groups is 1. The Morgan fingerprint density at radius 3 is 2.41 bits per heavy atom. The van der Waals surface area contributed by atoms with Gasteiger partial charge < -0.3 is 4.90 Å². The number of Topliss-reactive ketones (excluding diaryl/α,β-unsaturated/α-hetero) is 1. The first-order chi connectivity index (χ1) is 12.9. The minimum atomic E-state index is -0.0700. The number of hydrogen-bond acceptors (Lipinski definition) is 4. The molecule has 4 rings (SSSR count). The second kappa shape index (κ2) is 6.34. The fourth-order valence-electron chi connectivity index (χ4n) is 3.75. The molecule has 2 aromatic heterocycles. The van der Waals surface area contributed by atoms with Gasteiger partial charge in [0.25, 0.3) is 0 Å². The molecule has 5 heteroatoms. The third kappa shape index (κ3) is 3.14. The molecule has 1 aromatic carbocycles. The van der Waals surface area contributed by atoms with Crippen LogP contribution in [0.5, 0.6) is 0 Å². The first-order valence-corrected chi connectivity index (χ1v) is 9.20. The Morgan fingerprint density at radius 1 is 1.04 bits per heavy atom. The lowest BCUT2D eigenvalue weighted by molar-refractivity contribution is 0.0912. The van der Waals surface area contributed by atoms with Crippen molar-refractivity contribution < 1.29 is 4.79 Å². The molecule has 3 aromatic rings. The molecule has 0 radical (unpaired) electrons. The van der Waals surface area contributed by atoms with E-state index in [4.69, 9.17) is 5.10 Å². The summed E-state index contributed by atoms with van der Waals surface area (Å²) in [6.07, 6.45) is 3.08. The number of benzene rings is 1. The van der Waals surface area contributed by atoms with Gasteiger partial charge in [0, 0.05) is 38.0 Å². The van der Waals surface area contributed by atoms with Crippen molar-refractivity contribution in [3.8, 4) is 17.1 Å². The second-order valence-corrected chi connectivity index (χ2v) is 8.15. The lowest BCUT2D eigenvalue weighted by Crippen LogP contribution is -2.26. The van der Waals surface area contributed by atoms with Gasteiger partial charge >= 0.3 is 0 Å². The highest BCUT2D eigenvalue weighted by Gasteiger charge is 2.36. The average Bonchev–Trinajstić information content (AvgIpc) is 3.01. The number of anilines is 1. The molecule has 0 bridgehead atoms. The summed E-state index contributed by atoms with van der Waals surface area (Å²) in [4.78, 5) is 19.6. The van der Waals surface area contributed by atoms with E-state index < -0.39 is 0 Å². The summed E-state index contributed by atoms with van der Waals surface area (Å²) in [7, 11) is 4.03. The highest BCUT2D eigenvalue weighted by molar-refractivity contribution is 6.04. The van der Waals surface area contributed by atoms with E-state index in [0.29, 0.717) is 6.42 Å². The molecule has 0 atom stereocenters. The van der Waals surface area contributed by atoms with Crippen LogP contribution in [0.25, 0.3) is 17.1 Å². The third-order valence-corrected chi connectivity index (χ3v) is 5.05. The summed E-state index contributed by atoms with van der Waals surface area (Å²) >= 11 is 0. The number of carbonyl (C=O) groups excluding carboxylic acids is 1. The monoisotopic (exact) mass is 360 g/mol. The van der Waals surface area contributed by atoms with Crippen molar-refractivity contribution >= 4 is 11.5 Å². The van der Waals surface area contributed by atoms with Crippen molar-refractivity contribution in [3.05, 3.63) is 59.9 Å². The van der Waals surface area contributed by atoms with Crippen LogP contribution in [0.3, 0.4) is 0 Å². The molecular formula is C22H24N4O. The van der Waals surface area contributed by atoms with Crippen molar-refractivity contribution in [2.24, 2.45) is 5.41 Å². The maximum atomic E-state index is 13.0. The Bertz CT molecular complexity index is 985. The fraction of sp³-hybridized carbons (Fsp3) is 0.318. The first-order valence-electron chi connectivity index (χ1n) is 9.20. The highest BCUT2D eigenvalue weighted by atomic mass is 16.1. The standard InChI is InChI=1S/C22H24N4O/c1-22(2)13-17-20(18(27)14-22)21(15-8-10-16(11-9-15)25(3)4)26(24-17)19-7-5-6-12-23-19/h5-12H,13-14H2,1-4H3. The van der Waals surface area contributed by atoms with Gasteiger partial charge in [-0.2, -0.15) is 5.10 Å². The summed E-state index contributed by atoms with van der Waals surface area (Å²) in [6.45, 7) is 4.25. The number of rotatable bonds is 3. The fourth-order valence-corrected chi connectivity index (χ4v) is 3.75. The third-order valence-electron chi connectivity index (χ3n) is 5.05.